The summed E-state index contributed by atoms with van der Waals surface area (Å²) in [5, 5.41) is 3.25. The minimum Gasteiger partial charge on any atom is -0.306 e. The number of rotatable bonds is 4. The van der Waals surface area contributed by atoms with Crippen molar-refractivity contribution in [3.8, 4) is 0 Å². The average molecular weight is 262 g/mol. The Bertz CT molecular complexity index is 553. The largest absolute Gasteiger partial charge is 0.306 e. The van der Waals surface area contributed by atoms with Crippen molar-refractivity contribution in [3.63, 3.8) is 0 Å². The van der Waals surface area contributed by atoms with Gasteiger partial charge in [-0.1, -0.05) is 12.1 Å². The Kier molecular flexibility index (Phi) is 4.22. The van der Waals surface area contributed by atoms with Gasteiger partial charge in [-0.15, -0.1) is 0 Å². The van der Waals surface area contributed by atoms with E-state index in [-0.39, 0.29) is 6.04 Å². The number of aryl methyl sites for hydroxylation is 1. The first kappa shape index (κ1) is 13.6. The van der Waals surface area contributed by atoms with Crippen LogP contribution in [0.2, 0.25) is 0 Å². The molecule has 0 fully saturated rings. The Hall–Kier alpha value is -1.81. The van der Waals surface area contributed by atoms with Crippen molar-refractivity contribution in [1.29, 1.82) is 0 Å². The molecule has 0 saturated carbocycles. The van der Waals surface area contributed by atoms with E-state index in [4.69, 9.17) is 0 Å². The molecule has 1 atom stereocenters. The Morgan fingerprint density at radius 2 is 1.95 bits per heavy atom. The van der Waals surface area contributed by atoms with Crippen LogP contribution >= 0.6 is 0 Å². The molecule has 2 nitrogen and oxygen atoms in total. The van der Waals surface area contributed by atoms with Gasteiger partial charge in [-0.2, -0.15) is 0 Å². The molecule has 100 valence electrons. The van der Waals surface area contributed by atoms with Gasteiger partial charge in [0.25, 0.3) is 0 Å². The maximum atomic E-state index is 13.1. The number of halogens is 2. The molecule has 19 heavy (non-hydrogen) atoms. The summed E-state index contributed by atoms with van der Waals surface area (Å²) in [4.78, 5) is 4.21. The highest BCUT2D eigenvalue weighted by Crippen LogP contribution is 2.16. The topological polar surface area (TPSA) is 24.9 Å². The first-order valence-electron chi connectivity index (χ1n) is 6.16. The third kappa shape index (κ3) is 3.58. The van der Waals surface area contributed by atoms with Gasteiger partial charge in [-0.05, 0) is 43.2 Å². The summed E-state index contributed by atoms with van der Waals surface area (Å²) in [7, 11) is 0. The smallest absolute Gasteiger partial charge is 0.159 e. The van der Waals surface area contributed by atoms with E-state index in [1.807, 2.05) is 26.0 Å². The van der Waals surface area contributed by atoms with Gasteiger partial charge in [0.1, 0.15) is 0 Å². The number of hydrogen-bond donors (Lipinski definition) is 1. The molecule has 1 aromatic heterocycles. The van der Waals surface area contributed by atoms with E-state index >= 15 is 0 Å². The molecule has 2 rings (SSSR count). The first-order chi connectivity index (χ1) is 9.06. The molecule has 4 heteroatoms. The quantitative estimate of drug-likeness (QED) is 0.912. The van der Waals surface area contributed by atoms with Crippen LogP contribution in [-0.2, 0) is 6.54 Å². The second-order valence-electron chi connectivity index (χ2n) is 4.58. The standard InChI is InChI=1S/C15H16F2N2/c1-10-3-4-12(8-18-10)9-19-11(2)13-5-6-14(16)15(17)7-13/h3-8,11,19H,9H2,1-2H3. The Balaban J connectivity index is 1.98. The summed E-state index contributed by atoms with van der Waals surface area (Å²) in [5.74, 6) is -1.64. The monoisotopic (exact) mass is 262 g/mol. The molecule has 0 saturated heterocycles. The van der Waals surface area contributed by atoms with Gasteiger partial charge >= 0.3 is 0 Å². The maximum absolute atomic E-state index is 13.1. The Labute approximate surface area is 111 Å². The molecule has 0 amide bonds. The summed E-state index contributed by atoms with van der Waals surface area (Å²) in [5.41, 5.74) is 2.75. The molecular formula is C15H16F2N2. The Morgan fingerprint density at radius 1 is 1.16 bits per heavy atom. The van der Waals surface area contributed by atoms with Crippen LogP contribution in [0, 0.1) is 18.6 Å². The highest BCUT2D eigenvalue weighted by atomic mass is 19.2. The zero-order valence-corrected chi connectivity index (χ0v) is 11.0. The van der Waals surface area contributed by atoms with E-state index in [1.165, 1.54) is 6.07 Å². The van der Waals surface area contributed by atoms with Crippen molar-refractivity contribution in [1.82, 2.24) is 10.3 Å². The molecule has 1 aromatic carbocycles. The lowest BCUT2D eigenvalue weighted by molar-refractivity contribution is 0.500. The Morgan fingerprint density at radius 3 is 2.58 bits per heavy atom. The number of nitrogens with one attached hydrogen (secondary N) is 1. The van der Waals surface area contributed by atoms with E-state index in [1.54, 1.807) is 12.3 Å². The fraction of sp³-hybridized carbons (Fsp3) is 0.267. The van der Waals surface area contributed by atoms with Gasteiger partial charge in [0.15, 0.2) is 11.6 Å². The highest BCUT2D eigenvalue weighted by molar-refractivity contribution is 5.21. The molecule has 0 aliphatic heterocycles. The second-order valence-corrected chi connectivity index (χ2v) is 4.58. The summed E-state index contributed by atoms with van der Waals surface area (Å²) >= 11 is 0. The van der Waals surface area contributed by atoms with Crippen LogP contribution in [0.5, 0.6) is 0 Å². The van der Waals surface area contributed by atoms with Crippen LogP contribution in [0.1, 0.15) is 29.8 Å². The van der Waals surface area contributed by atoms with Gasteiger partial charge in [0.2, 0.25) is 0 Å². The van der Waals surface area contributed by atoms with Gasteiger partial charge in [0.05, 0.1) is 0 Å². The molecule has 2 aromatic rings. The van der Waals surface area contributed by atoms with Gasteiger partial charge < -0.3 is 5.32 Å². The van der Waals surface area contributed by atoms with Crippen LogP contribution < -0.4 is 5.32 Å². The number of nitrogens with zero attached hydrogens (tertiary/aromatic N) is 1. The lowest BCUT2D eigenvalue weighted by Gasteiger charge is -2.14. The molecule has 0 aliphatic carbocycles. The van der Waals surface area contributed by atoms with Crippen molar-refractivity contribution in [2.75, 3.05) is 0 Å². The predicted molar refractivity (Wildman–Crippen MR) is 70.6 cm³/mol. The van der Waals surface area contributed by atoms with Crippen molar-refractivity contribution in [2.24, 2.45) is 0 Å². The molecule has 1 unspecified atom stereocenters. The van der Waals surface area contributed by atoms with Gasteiger partial charge in [0, 0.05) is 24.5 Å². The fourth-order valence-electron chi connectivity index (χ4n) is 1.77. The zero-order chi connectivity index (χ0) is 13.8. The maximum Gasteiger partial charge on any atom is 0.159 e. The van der Waals surface area contributed by atoms with Crippen molar-refractivity contribution < 1.29 is 8.78 Å². The lowest BCUT2D eigenvalue weighted by Crippen LogP contribution is -2.18. The second kappa shape index (κ2) is 5.89. The molecular weight excluding hydrogens is 246 g/mol. The first-order valence-corrected chi connectivity index (χ1v) is 6.16. The van der Waals surface area contributed by atoms with Crippen LogP contribution in [0.3, 0.4) is 0 Å². The van der Waals surface area contributed by atoms with Crippen molar-refractivity contribution in [2.45, 2.75) is 26.4 Å². The van der Waals surface area contributed by atoms with E-state index in [2.05, 4.69) is 10.3 Å². The van der Waals surface area contributed by atoms with E-state index in [0.717, 1.165) is 22.9 Å². The van der Waals surface area contributed by atoms with E-state index in [0.29, 0.717) is 6.54 Å². The highest BCUT2D eigenvalue weighted by Gasteiger charge is 2.08. The predicted octanol–water partition coefficient (Wildman–Crippen LogP) is 3.52. The number of benzene rings is 1. The number of pyridine rings is 1. The summed E-state index contributed by atoms with van der Waals surface area (Å²) < 4.78 is 26.0. The van der Waals surface area contributed by atoms with Crippen molar-refractivity contribution in [3.05, 3.63) is 65.0 Å². The molecule has 1 heterocycles. The lowest BCUT2D eigenvalue weighted by atomic mass is 10.1. The third-order valence-electron chi connectivity index (χ3n) is 3.03. The fourth-order valence-corrected chi connectivity index (χ4v) is 1.77. The average Bonchev–Trinajstić information content (AvgIpc) is 2.41. The zero-order valence-electron chi connectivity index (χ0n) is 11.0. The van der Waals surface area contributed by atoms with Crippen LogP contribution in [0.4, 0.5) is 8.78 Å². The van der Waals surface area contributed by atoms with Crippen molar-refractivity contribution >= 4 is 0 Å². The normalized spacial score (nSPS) is 12.4. The minimum absolute atomic E-state index is 0.0589. The van der Waals surface area contributed by atoms with E-state index in [9.17, 15) is 8.78 Å². The summed E-state index contributed by atoms with van der Waals surface area (Å²) in [6.45, 7) is 4.48. The van der Waals surface area contributed by atoms with E-state index < -0.39 is 11.6 Å². The molecule has 0 spiro atoms. The summed E-state index contributed by atoms with van der Waals surface area (Å²) in [6.07, 6.45) is 1.81. The number of aromatic nitrogens is 1. The summed E-state index contributed by atoms with van der Waals surface area (Å²) in [6, 6.07) is 7.84. The molecule has 0 radical (unpaired) electrons. The van der Waals surface area contributed by atoms with Crippen LogP contribution in [-0.4, -0.2) is 4.98 Å². The van der Waals surface area contributed by atoms with Gasteiger partial charge in [-0.3, -0.25) is 4.98 Å². The number of hydrogen-bond acceptors (Lipinski definition) is 2. The third-order valence-corrected chi connectivity index (χ3v) is 3.03. The van der Waals surface area contributed by atoms with Gasteiger partial charge in [-0.25, -0.2) is 8.78 Å². The van der Waals surface area contributed by atoms with Crippen LogP contribution in [0.25, 0.3) is 0 Å². The molecule has 0 aliphatic rings. The molecule has 1 N–H and O–H groups in total. The minimum atomic E-state index is -0.821. The SMILES string of the molecule is Cc1ccc(CNC(C)c2ccc(F)c(F)c2)cn1. The van der Waals surface area contributed by atoms with Crippen LogP contribution in [0.15, 0.2) is 36.5 Å². The molecule has 0 bridgehead atoms.